The number of aryl methyl sites for hydroxylation is 2. The van der Waals surface area contributed by atoms with Crippen LogP contribution in [-0.2, 0) is 18.0 Å². The van der Waals surface area contributed by atoms with E-state index in [2.05, 4.69) is 27.3 Å². The monoisotopic (exact) mass is 716 g/mol. The highest BCUT2D eigenvalue weighted by atomic mass is 127. The summed E-state index contributed by atoms with van der Waals surface area (Å²) in [6.45, 7) is 3.91. The van der Waals surface area contributed by atoms with Gasteiger partial charge in [-0.3, -0.25) is 0 Å². The minimum absolute atomic E-state index is 0.0918. The Bertz CT molecular complexity index is 1720. The van der Waals surface area contributed by atoms with E-state index in [1.165, 1.54) is 31.4 Å². The van der Waals surface area contributed by atoms with Crippen molar-refractivity contribution >= 4 is 34.5 Å². The lowest BCUT2D eigenvalue weighted by Crippen LogP contribution is -1.99. The second kappa shape index (κ2) is 14.7. The van der Waals surface area contributed by atoms with Gasteiger partial charge in [-0.25, -0.2) is 18.4 Å². The predicted molar refractivity (Wildman–Crippen MR) is 165 cm³/mol. The normalized spacial score (nSPS) is 10.5. The van der Waals surface area contributed by atoms with Crippen LogP contribution in [0, 0.1) is 29.1 Å². The molecule has 11 heteroatoms. The van der Waals surface area contributed by atoms with Crippen LogP contribution in [0.1, 0.15) is 43.8 Å². The molecule has 2 aromatic heterocycles. The van der Waals surface area contributed by atoms with Gasteiger partial charge < -0.3 is 28.2 Å². The Kier molecular flexibility index (Phi) is 10.8. The van der Waals surface area contributed by atoms with Gasteiger partial charge in [-0.1, -0.05) is 18.2 Å². The maximum atomic E-state index is 13.8. The number of benzene rings is 3. The average molecular weight is 716 g/mol. The highest BCUT2D eigenvalue weighted by Gasteiger charge is 2.16. The number of esters is 1. The minimum atomic E-state index is -1.15. The zero-order valence-corrected chi connectivity index (χ0v) is 26.0. The first kappa shape index (κ1) is 32.3. The third-order valence-corrected chi connectivity index (χ3v) is 7.07. The molecule has 0 spiro atoms. The van der Waals surface area contributed by atoms with Gasteiger partial charge in [0.25, 0.3) is 0 Å². The molecule has 0 fully saturated rings. The third kappa shape index (κ3) is 8.25. The second-order valence-corrected chi connectivity index (χ2v) is 10.6. The molecule has 0 aliphatic rings. The summed E-state index contributed by atoms with van der Waals surface area (Å²) in [5, 5.41) is 8.90. The zero-order chi connectivity index (χ0) is 31.8. The minimum Gasteiger partial charge on any atom is -0.489 e. The van der Waals surface area contributed by atoms with Crippen molar-refractivity contribution in [2.45, 2.75) is 27.1 Å². The maximum Gasteiger partial charge on any atom is 0.373 e. The van der Waals surface area contributed by atoms with Gasteiger partial charge in [-0.2, -0.15) is 0 Å². The lowest BCUT2D eigenvalue weighted by atomic mass is 10.0. The van der Waals surface area contributed by atoms with Crippen LogP contribution < -0.4 is 9.47 Å². The summed E-state index contributed by atoms with van der Waals surface area (Å²) in [6.07, 6.45) is 0. The van der Waals surface area contributed by atoms with E-state index in [1.807, 2.05) is 24.3 Å². The van der Waals surface area contributed by atoms with Crippen molar-refractivity contribution in [3.63, 3.8) is 0 Å². The molecule has 0 bridgehead atoms. The number of hydrogen-bond donors (Lipinski definition) is 1. The van der Waals surface area contributed by atoms with Gasteiger partial charge >= 0.3 is 11.9 Å². The Morgan fingerprint density at radius 2 is 1.25 bits per heavy atom. The van der Waals surface area contributed by atoms with Crippen LogP contribution in [0.4, 0.5) is 8.78 Å². The van der Waals surface area contributed by atoms with Crippen molar-refractivity contribution in [2.75, 3.05) is 7.11 Å². The van der Waals surface area contributed by atoms with Gasteiger partial charge in [0.2, 0.25) is 11.5 Å². The molecule has 1 N–H and O–H groups in total. The second-order valence-electron chi connectivity index (χ2n) is 9.33. The van der Waals surface area contributed by atoms with Crippen molar-refractivity contribution in [3.05, 3.63) is 128 Å². The molecule has 8 nitrogen and oxygen atoms in total. The Morgan fingerprint density at radius 3 is 1.73 bits per heavy atom. The molecule has 3 aromatic carbocycles. The fourth-order valence-corrected chi connectivity index (χ4v) is 4.34. The van der Waals surface area contributed by atoms with Crippen molar-refractivity contribution in [1.29, 1.82) is 0 Å². The van der Waals surface area contributed by atoms with Crippen molar-refractivity contribution in [3.8, 4) is 22.6 Å². The van der Waals surface area contributed by atoms with Crippen LogP contribution >= 0.6 is 22.6 Å². The number of carbonyl (C=O) groups is 2. The largest absolute Gasteiger partial charge is 0.489 e. The van der Waals surface area contributed by atoms with E-state index >= 15 is 0 Å². The molecule has 0 aliphatic carbocycles. The van der Waals surface area contributed by atoms with Crippen LogP contribution in [0.2, 0.25) is 0 Å². The number of methoxy groups -OCH3 is 1. The van der Waals surface area contributed by atoms with Crippen molar-refractivity contribution in [1.82, 2.24) is 0 Å². The molecule has 0 atom stereocenters. The summed E-state index contributed by atoms with van der Waals surface area (Å²) in [4.78, 5) is 22.2. The van der Waals surface area contributed by atoms with Crippen molar-refractivity contribution < 1.29 is 46.5 Å². The highest BCUT2D eigenvalue weighted by Crippen LogP contribution is 2.28. The summed E-state index contributed by atoms with van der Waals surface area (Å²) in [5.41, 5.74) is 1.75. The fraction of sp³-hybridized carbons (Fsp3) is 0.152. The van der Waals surface area contributed by atoms with E-state index in [4.69, 9.17) is 23.4 Å². The van der Waals surface area contributed by atoms with Gasteiger partial charge in [0.05, 0.1) is 12.7 Å². The molecular weight excluding hydrogens is 689 g/mol. The lowest BCUT2D eigenvalue weighted by molar-refractivity contribution is 0.0563. The average Bonchev–Trinajstić information content (AvgIpc) is 3.58. The van der Waals surface area contributed by atoms with Gasteiger partial charge in [0, 0.05) is 14.7 Å². The summed E-state index contributed by atoms with van der Waals surface area (Å²) >= 11 is 2.23. The Balaban J connectivity index is 0.000000209. The number of halogens is 3. The van der Waals surface area contributed by atoms with Crippen molar-refractivity contribution in [2.24, 2.45) is 0 Å². The molecule has 5 aromatic rings. The van der Waals surface area contributed by atoms with E-state index in [-0.39, 0.29) is 23.7 Å². The first-order valence-corrected chi connectivity index (χ1v) is 14.2. The molecule has 2 heterocycles. The molecule has 0 radical (unpaired) electrons. The first-order chi connectivity index (χ1) is 21.0. The number of aromatic carboxylic acids is 1. The van der Waals surface area contributed by atoms with E-state index in [9.17, 15) is 18.4 Å². The maximum absolute atomic E-state index is 13.8. The van der Waals surface area contributed by atoms with Crippen LogP contribution in [0.5, 0.6) is 11.5 Å². The van der Waals surface area contributed by atoms with E-state index in [0.29, 0.717) is 35.0 Å². The van der Waals surface area contributed by atoms with E-state index in [0.717, 1.165) is 14.9 Å². The number of carboxylic acids is 1. The molecular formula is C33H27F2IO8. The number of carbonyl (C=O) groups excluding carboxylic acids is 1. The molecule has 0 amide bonds. The Hall–Kier alpha value is -4.65. The smallest absolute Gasteiger partial charge is 0.373 e. The molecule has 5 rings (SSSR count). The summed E-state index contributed by atoms with van der Waals surface area (Å²) in [7, 11) is 1.32. The number of furan rings is 2. The molecule has 0 unspecified atom stereocenters. The lowest BCUT2D eigenvalue weighted by Gasteiger charge is -2.08. The van der Waals surface area contributed by atoms with Crippen LogP contribution in [-0.4, -0.2) is 24.2 Å². The molecule has 0 saturated heterocycles. The number of ether oxygens (including phenoxy) is 3. The number of carboxylic acid groups (broad SMARTS) is 1. The van der Waals surface area contributed by atoms with Gasteiger partial charge in [0.1, 0.15) is 47.9 Å². The highest BCUT2D eigenvalue weighted by molar-refractivity contribution is 14.1. The Labute approximate surface area is 265 Å². The molecule has 44 heavy (non-hydrogen) atoms. The predicted octanol–water partition coefficient (Wildman–Crippen LogP) is 8.37. The van der Waals surface area contributed by atoms with Crippen LogP contribution in [0.25, 0.3) is 11.1 Å². The number of hydrogen-bond acceptors (Lipinski definition) is 7. The summed E-state index contributed by atoms with van der Waals surface area (Å²) in [5.74, 6) is -0.475. The van der Waals surface area contributed by atoms with E-state index < -0.39 is 23.6 Å². The molecule has 228 valence electrons. The Morgan fingerprint density at radius 1 is 0.773 bits per heavy atom. The molecule has 0 saturated carbocycles. The molecule has 0 aliphatic heterocycles. The van der Waals surface area contributed by atoms with Gasteiger partial charge in [-0.05, 0) is 103 Å². The van der Waals surface area contributed by atoms with Crippen LogP contribution in [0.3, 0.4) is 0 Å². The van der Waals surface area contributed by atoms with E-state index in [1.54, 1.807) is 44.2 Å². The topological polar surface area (TPSA) is 108 Å². The van der Waals surface area contributed by atoms with Gasteiger partial charge in [-0.15, -0.1) is 0 Å². The quantitative estimate of drug-likeness (QED) is 0.120. The van der Waals surface area contributed by atoms with Gasteiger partial charge in [0.15, 0.2) is 0 Å². The summed E-state index contributed by atoms with van der Waals surface area (Å²) in [6, 6.07) is 20.8. The zero-order valence-electron chi connectivity index (χ0n) is 23.9. The standard InChI is InChI=1S/C19H14F2O4.C14H13IO4/c1-11-13(9-17(25-11)19(22)23)10-24-14-7-5-12(6-8-14)18-15(20)3-2-4-16(18)21;1-9-10(7-13(19-9)14(16)17-2)8-18-12-5-3-11(15)4-6-12/h2-9H,10H2,1H3,(H,22,23);3-7H,8H2,1-2H3. The van der Waals surface area contributed by atoms with Crippen LogP contribution in [0.15, 0.2) is 87.7 Å². The fourth-order valence-electron chi connectivity index (χ4n) is 3.98. The summed E-state index contributed by atoms with van der Waals surface area (Å²) < 4.78 is 55.0. The SMILES string of the molecule is COC(=O)c1cc(COc2ccc(I)cc2)c(C)o1.Cc1oc(C(=O)O)cc1COc1ccc(-c2c(F)cccc2F)cc1. The first-order valence-electron chi connectivity index (χ1n) is 13.1. The third-order valence-electron chi connectivity index (χ3n) is 6.35. The number of rotatable bonds is 9.